The zero-order chi connectivity index (χ0) is 17.3. The first-order valence-electron chi connectivity index (χ1n) is 8.05. The number of benzene rings is 1. The van der Waals surface area contributed by atoms with E-state index in [0.717, 1.165) is 20.9 Å². The number of carbonyl (C=O) groups is 1. The molecule has 130 valence electrons. The van der Waals surface area contributed by atoms with E-state index < -0.39 is 10.0 Å². The van der Waals surface area contributed by atoms with E-state index in [-0.39, 0.29) is 17.6 Å². The molecule has 0 spiro atoms. The number of nitrogens with zero attached hydrogens (tertiary/aromatic N) is 2. The summed E-state index contributed by atoms with van der Waals surface area (Å²) in [6.45, 7) is 4.44. The topological polar surface area (TPSA) is 79.4 Å². The predicted octanol–water partition coefficient (Wildman–Crippen LogP) is 2.60. The summed E-state index contributed by atoms with van der Waals surface area (Å²) in [5.41, 5.74) is 1.70. The van der Waals surface area contributed by atoms with Gasteiger partial charge in [-0.3, -0.25) is 4.79 Å². The first-order valence-corrected chi connectivity index (χ1v) is 10.5. The van der Waals surface area contributed by atoms with Gasteiger partial charge in [0.2, 0.25) is 15.9 Å². The number of hydrogen-bond donors (Lipinski definition) is 1. The molecule has 1 amide bonds. The van der Waals surface area contributed by atoms with Crippen molar-refractivity contribution in [1.29, 1.82) is 0 Å². The van der Waals surface area contributed by atoms with Crippen molar-refractivity contribution >= 4 is 43.2 Å². The Hall–Kier alpha value is -1.51. The zero-order valence-corrected chi connectivity index (χ0v) is 15.4. The Morgan fingerprint density at radius 1 is 1.38 bits per heavy atom. The maximum absolute atomic E-state index is 12.4. The van der Waals surface area contributed by atoms with Gasteiger partial charge in [0.15, 0.2) is 0 Å². The Morgan fingerprint density at radius 3 is 2.75 bits per heavy atom. The van der Waals surface area contributed by atoms with Crippen molar-refractivity contribution in [2.24, 2.45) is 5.92 Å². The number of rotatable bonds is 4. The molecule has 1 fully saturated rings. The Balaban J connectivity index is 1.63. The van der Waals surface area contributed by atoms with Gasteiger partial charge in [-0.2, -0.15) is 0 Å². The number of piperidine rings is 1. The highest BCUT2D eigenvalue weighted by atomic mass is 32.2. The van der Waals surface area contributed by atoms with E-state index in [0.29, 0.717) is 25.9 Å². The van der Waals surface area contributed by atoms with Crippen LogP contribution in [0.4, 0.5) is 5.69 Å². The number of fused-ring (bicyclic) bond motifs is 1. The minimum absolute atomic E-state index is 0.0378. The maximum atomic E-state index is 12.4. The highest BCUT2D eigenvalue weighted by Gasteiger charge is 2.30. The van der Waals surface area contributed by atoms with Gasteiger partial charge in [-0.1, -0.05) is 0 Å². The number of hydrogen-bond acceptors (Lipinski definition) is 5. The average molecular weight is 367 g/mol. The van der Waals surface area contributed by atoms with Crippen molar-refractivity contribution in [3.8, 4) is 0 Å². The average Bonchev–Trinajstić information content (AvgIpc) is 2.94. The molecule has 0 bridgehead atoms. The van der Waals surface area contributed by atoms with E-state index in [4.69, 9.17) is 0 Å². The second kappa shape index (κ2) is 6.78. The van der Waals surface area contributed by atoms with Crippen LogP contribution in [-0.2, 0) is 14.8 Å². The van der Waals surface area contributed by atoms with Crippen LogP contribution in [-0.4, -0.2) is 42.5 Å². The van der Waals surface area contributed by atoms with Crippen molar-refractivity contribution in [2.45, 2.75) is 26.7 Å². The van der Waals surface area contributed by atoms with Gasteiger partial charge in [-0.05, 0) is 44.9 Å². The molecule has 1 aliphatic rings. The van der Waals surface area contributed by atoms with Gasteiger partial charge in [-0.25, -0.2) is 17.7 Å². The number of carbonyl (C=O) groups excluding carboxylic acids is 1. The second-order valence-electron chi connectivity index (χ2n) is 5.98. The van der Waals surface area contributed by atoms with Crippen molar-refractivity contribution in [2.75, 3.05) is 24.2 Å². The van der Waals surface area contributed by atoms with Gasteiger partial charge in [-0.15, -0.1) is 11.3 Å². The van der Waals surface area contributed by atoms with Gasteiger partial charge < -0.3 is 5.32 Å². The predicted molar refractivity (Wildman–Crippen MR) is 96.7 cm³/mol. The van der Waals surface area contributed by atoms with Crippen LogP contribution in [0.15, 0.2) is 18.2 Å². The molecule has 2 heterocycles. The van der Waals surface area contributed by atoms with Crippen LogP contribution in [0.25, 0.3) is 10.2 Å². The minimum Gasteiger partial charge on any atom is -0.326 e. The molecule has 0 radical (unpaired) electrons. The Labute approximate surface area is 145 Å². The molecule has 0 aliphatic carbocycles. The lowest BCUT2D eigenvalue weighted by atomic mass is 9.97. The van der Waals surface area contributed by atoms with E-state index in [1.54, 1.807) is 18.3 Å². The van der Waals surface area contributed by atoms with Crippen LogP contribution in [0.1, 0.15) is 24.8 Å². The van der Waals surface area contributed by atoms with Crippen LogP contribution in [0.5, 0.6) is 0 Å². The van der Waals surface area contributed by atoms with Crippen LogP contribution in [0.2, 0.25) is 0 Å². The van der Waals surface area contributed by atoms with Gasteiger partial charge >= 0.3 is 0 Å². The number of nitrogens with one attached hydrogen (secondary N) is 1. The molecule has 2 aromatic rings. The Bertz CT molecular complexity index is 853. The molecule has 0 unspecified atom stereocenters. The van der Waals surface area contributed by atoms with Gasteiger partial charge in [0.05, 0.1) is 21.0 Å². The summed E-state index contributed by atoms with van der Waals surface area (Å²) in [5.74, 6) is -0.0747. The third-order valence-electron chi connectivity index (χ3n) is 4.35. The van der Waals surface area contributed by atoms with Gasteiger partial charge in [0, 0.05) is 24.7 Å². The molecule has 0 atom stereocenters. The Kier molecular flexibility index (Phi) is 4.89. The van der Waals surface area contributed by atoms with Gasteiger partial charge in [0.1, 0.15) is 0 Å². The smallest absolute Gasteiger partial charge is 0.227 e. The molecule has 1 aromatic carbocycles. The molecule has 1 saturated heterocycles. The SMILES string of the molecule is CCS(=O)(=O)N1CCC(C(=O)Nc2ccc3nc(C)sc3c2)CC1. The van der Waals surface area contributed by atoms with Crippen molar-refractivity contribution in [3.63, 3.8) is 0 Å². The van der Waals surface area contributed by atoms with Crippen LogP contribution < -0.4 is 5.32 Å². The van der Waals surface area contributed by atoms with Crippen LogP contribution in [0.3, 0.4) is 0 Å². The normalized spacial score (nSPS) is 17.2. The molecule has 1 aromatic heterocycles. The minimum atomic E-state index is -3.16. The quantitative estimate of drug-likeness (QED) is 0.901. The fourth-order valence-corrected chi connectivity index (χ4v) is 4.94. The standard InChI is InChI=1S/C16H21N3O3S2/c1-3-24(21,22)19-8-6-12(7-9-19)16(20)18-13-4-5-14-15(10-13)23-11(2)17-14/h4-5,10,12H,3,6-9H2,1-2H3,(H,18,20). The second-order valence-corrected chi connectivity index (χ2v) is 9.47. The number of amides is 1. The first kappa shape index (κ1) is 17.3. The molecule has 0 saturated carbocycles. The fourth-order valence-electron chi connectivity index (χ4n) is 2.94. The lowest BCUT2D eigenvalue weighted by molar-refractivity contribution is -0.120. The molecule has 1 aliphatic heterocycles. The summed E-state index contributed by atoms with van der Waals surface area (Å²) >= 11 is 1.60. The molecule has 8 heteroatoms. The third-order valence-corrected chi connectivity index (χ3v) is 7.16. The van der Waals surface area contributed by atoms with Crippen LogP contribution in [0, 0.1) is 12.8 Å². The molecular formula is C16H21N3O3S2. The van der Waals surface area contributed by atoms with Crippen molar-refractivity contribution < 1.29 is 13.2 Å². The summed E-state index contributed by atoms with van der Waals surface area (Å²) in [5, 5.41) is 3.95. The van der Waals surface area contributed by atoms with E-state index in [2.05, 4.69) is 10.3 Å². The van der Waals surface area contributed by atoms with Crippen molar-refractivity contribution in [3.05, 3.63) is 23.2 Å². The van der Waals surface area contributed by atoms with Gasteiger partial charge in [0.25, 0.3) is 0 Å². The number of thiazole rings is 1. The largest absolute Gasteiger partial charge is 0.326 e. The van der Waals surface area contributed by atoms with E-state index in [1.807, 2.05) is 25.1 Å². The molecular weight excluding hydrogens is 346 g/mol. The molecule has 24 heavy (non-hydrogen) atoms. The number of aromatic nitrogens is 1. The lowest BCUT2D eigenvalue weighted by Crippen LogP contribution is -2.42. The number of anilines is 1. The number of sulfonamides is 1. The monoisotopic (exact) mass is 367 g/mol. The van der Waals surface area contributed by atoms with E-state index in [1.165, 1.54) is 4.31 Å². The summed E-state index contributed by atoms with van der Waals surface area (Å²) in [6, 6.07) is 5.70. The summed E-state index contributed by atoms with van der Waals surface area (Å²) in [6.07, 6.45) is 1.12. The zero-order valence-electron chi connectivity index (χ0n) is 13.8. The Morgan fingerprint density at radius 2 is 2.08 bits per heavy atom. The lowest BCUT2D eigenvalue weighted by Gasteiger charge is -2.30. The summed E-state index contributed by atoms with van der Waals surface area (Å²) < 4.78 is 26.3. The highest BCUT2D eigenvalue weighted by molar-refractivity contribution is 7.89. The highest BCUT2D eigenvalue weighted by Crippen LogP contribution is 2.26. The van der Waals surface area contributed by atoms with E-state index >= 15 is 0 Å². The maximum Gasteiger partial charge on any atom is 0.227 e. The summed E-state index contributed by atoms with van der Waals surface area (Å²) in [7, 11) is -3.16. The first-order chi connectivity index (χ1) is 11.4. The molecule has 3 rings (SSSR count). The van der Waals surface area contributed by atoms with E-state index in [9.17, 15) is 13.2 Å². The van der Waals surface area contributed by atoms with Crippen LogP contribution >= 0.6 is 11.3 Å². The molecule has 1 N–H and O–H groups in total. The number of aryl methyl sites for hydroxylation is 1. The fraction of sp³-hybridized carbons (Fsp3) is 0.500. The van der Waals surface area contributed by atoms with Crippen molar-refractivity contribution in [1.82, 2.24) is 9.29 Å². The third kappa shape index (κ3) is 3.60. The molecule has 6 nitrogen and oxygen atoms in total. The summed E-state index contributed by atoms with van der Waals surface area (Å²) in [4.78, 5) is 16.8.